The Kier molecular flexibility index (Phi) is 8.95. The van der Waals surface area contributed by atoms with Crippen LogP contribution >= 0.6 is 0 Å². The molecule has 0 aromatic heterocycles. The van der Waals surface area contributed by atoms with Crippen molar-refractivity contribution in [3.05, 3.63) is 39.4 Å². The second-order valence-electron chi connectivity index (χ2n) is 5.94. The van der Waals surface area contributed by atoms with Crippen LogP contribution in [0.15, 0.2) is 18.2 Å². The van der Waals surface area contributed by atoms with Crippen LogP contribution in [0.1, 0.15) is 74.2 Å². The number of carbonyl (C=O) groups excluding carboxylic acids is 1. The van der Waals surface area contributed by atoms with E-state index in [0.717, 1.165) is 12.8 Å². The zero-order chi connectivity index (χ0) is 17.1. The third kappa shape index (κ3) is 6.80. The van der Waals surface area contributed by atoms with Gasteiger partial charge in [-0.1, -0.05) is 57.9 Å². The van der Waals surface area contributed by atoms with Gasteiger partial charge in [-0.3, -0.25) is 14.9 Å². The summed E-state index contributed by atoms with van der Waals surface area (Å²) in [6.45, 7) is 4.45. The van der Waals surface area contributed by atoms with Crippen LogP contribution in [-0.2, 0) is 0 Å². The third-order valence-electron chi connectivity index (χ3n) is 4.06. The molecule has 0 bridgehead atoms. The van der Waals surface area contributed by atoms with Gasteiger partial charge < -0.3 is 5.32 Å². The Bertz CT molecular complexity index is 515. The van der Waals surface area contributed by atoms with E-state index in [1.807, 2.05) is 0 Å². The maximum atomic E-state index is 12.1. The highest BCUT2D eigenvalue weighted by Gasteiger charge is 2.17. The first-order valence-electron chi connectivity index (χ1n) is 8.60. The SMILES string of the molecule is CCCCCCCCCCNC(=O)c1cccc([N+](=O)[O-])c1C. The van der Waals surface area contributed by atoms with Crippen LogP contribution < -0.4 is 5.32 Å². The summed E-state index contributed by atoms with van der Waals surface area (Å²) in [5.41, 5.74) is 0.800. The van der Waals surface area contributed by atoms with Gasteiger partial charge in [0.2, 0.25) is 0 Å². The van der Waals surface area contributed by atoms with Crippen molar-refractivity contribution in [2.75, 3.05) is 6.54 Å². The minimum Gasteiger partial charge on any atom is -0.352 e. The molecule has 128 valence electrons. The van der Waals surface area contributed by atoms with E-state index in [1.165, 1.54) is 44.6 Å². The smallest absolute Gasteiger partial charge is 0.273 e. The number of unbranched alkanes of at least 4 members (excludes halogenated alkanes) is 7. The quantitative estimate of drug-likeness (QED) is 0.362. The summed E-state index contributed by atoms with van der Waals surface area (Å²) in [5.74, 6) is -0.228. The molecule has 5 nitrogen and oxygen atoms in total. The van der Waals surface area contributed by atoms with Crippen molar-refractivity contribution < 1.29 is 9.72 Å². The van der Waals surface area contributed by atoms with Gasteiger partial charge >= 0.3 is 0 Å². The van der Waals surface area contributed by atoms with E-state index in [4.69, 9.17) is 0 Å². The number of carbonyl (C=O) groups is 1. The van der Waals surface area contributed by atoms with Gasteiger partial charge in [-0.15, -0.1) is 0 Å². The van der Waals surface area contributed by atoms with Gasteiger partial charge in [0.15, 0.2) is 0 Å². The number of rotatable bonds is 11. The molecule has 0 heterocycles. The Morgan fingerprint density at radius 1 is 1.09 bits per heavy atom. The predicted molar refractivity (Wildman–Crippen MR) is 92.8 cm³/mol. The monoisotopic (exact) mass is 320 g/mol. The van der Waals surface area contributed by atoms with Crippen LogP contribution in [-0.4, -0.2) is 17.4 Å². The van der Waals surface area contributed by atoms with Gasteiger partial charge in [0.05, 0.1) is 4.92 Å². The van der Waals surface area contributed by atoms with Crippen molar-refractivity contribution in [3.63, 3.8) is 0 Å². The summed E-state index contributed by atoms with van der Waals surface area (Å²) in [5, 5.41) is 13.8. The Balaban J connectivity index is 2.27. The van der Waals surface area contributed by atoms with Gasteiger partial charge in [0, 0.05) is 23.7 Å². The number of hydrogen-bond acceptors (Lipinski definition) is 3. The first kappa shape index (κ1) is 19.1. The number of nitrogens with zero attached hydrogens (tertiary/aromatic N) is 1. The molecule has 1 amide bonds. The van der Waals surface area contributed by atoms with E-state index >= 15 is 0 Å². The second-order valence-corrected chi connectivity index (χ2v) is 5.94. The summed E-state index contributed by atoms with van der Waals surface area (Å²) in [4.78, 5) is 22.6. The Morgan fingerprint density at radius 3 is 2.30 bits per heavy atom. The van der Waals surface area contributed by atoms with E-state index in [1.54, 1.807) is 19.1 Å². The molecule has 5 heteroatoms. The maximum absolute atomic E-state index is 12.1. The van der Waals surface area contributed by atoms with Crippen LogP contribution in [0.25, 0.3) is 0 Å². The molecule has 1 aromatic carbocycles. The number of hydrogen-bond donors (Lipinski definition) is 1. The van der Waals surface area contributed by atoms with E-state index in [-0.39, 0.29) is 11.6 Å². The molecule has 0 atom stereocenters. The Morgan fingerprint density at radius 2 is 1.70 bits per heavy atom. The number of nitrogens with one attached hydrogen (secondary N) is 1. The molecular weight excluding hydrogens is 292 g/mol. The van der Waals surface area contributed by atoms with E-state index < -0.39 is 4.92 Å². The van der Waals surface area contributed by atoms with Crippen LogP contribution in [0, 0.1) is 17.0 Å². The standard InChI is InChI=1S/C18H28N2O3/c1-3-4-5-6-7-8-9-10-14-19-18(21)16-12-11-13-17(15(16)2)20(22)23/h11-13H,3-10,14H2,1-2H3,(H,19,21). The third-order valence-corrected chi connectivity index (χ3v) is 4.06. The molecular formula is C18H28N2O3. The molecule has 0 saturated heterocycles. The van der Waals surface area contributed by atoms with Crippen molar-refractivity contribution in [2.45, 2.75) is 65.2 Å². The van der Waals surface area contributed by atoms with Crippen molar-refractivity contribution in [2.24, 2.45) is 0 Å². The first-order chi connectivity index (χ1) is 11.1. The summed E-state index contributed by atoms with van der Waals surface area (Å²) in [6.07, 6.45) is 9.73. The largest absolute Gasteiger partial charge is 0.352 e. The molecule has 0 spiro atoms. The lowest BCUT2D eigenvalue weighted by molar-refractivity contribution is -0.385. The molecule has 0 saturated carbocycles. The average molecular weight is 320 g/mol. The minimum absolute atomic E-state index is 0.00951. The topological polar surface area (TPSA) is 72.2 Å². The molecule has 1 aromatic rings. The fourth-order valence-corrected chi connectivity index (χ4v) is 2.62. The maximum Gasteiger partial charge on any atom is 0.273 e. The molecule has 23 heavy (non-hydrogen) atoms. The van der Waals surface area contributed by atoms with E-state index in [0.29, 0.717) is 17.7 Å². The fourth-order valence-electron chi connectivity index (χ4n) is 2.62. The van der Waals surface area contributed by atoms with Gasteiger partial charge in [-0.25, -0.2) is 0 Å². The summed E-state index contributed by atoms with van der Waals surface area (Å²) in [6, 6.07) is 4.60. The Hall–Kier alpha value is -1.91. The first-order valence-corrected chi connectivity index (χ1v) is 8.60. The molecule has 1 rings (SSSR count). The molecule has 0 fully saturated rings. The molecule has 0 aliphatic rings. The average Bonchev–Trinajstić information content (AvgIpc) is 2.53. The lowest BCUT2D eigenvalue weighted by Gasteiger charge is -2.08. The highest BCUT2D eigenvalue weighted by atomic mass is 16.6. The zero-order valence-corrected chi connectivity index (χ0v) is 14.3. The number of nitro benzene ring substituents is 1. The lowest BCUT2D eigenvalue weighted by Crippen LogP contribution is -2.25. The summed E-state index contributed by atoms with van der Waals surface area (Å²) >= 11 is 0. The number of benzene rings is 1. The summed E-state index contributed by atoms with van der Waals surface area (Å²) in [7, 11) is 0. The molecule has 0 aliphatic heterocycles. The summed E-state index contributed by atoms with van der Waals surface area (Å²) < 4.78 is 0. The zero-order valence-electron chi connectivity index (χ0n) is 14.3. The van der Waals surface area contributed by atoms with Crippen LogP contribution in [0.3, 0.4) is 0 Å². The van der Waals surface area contributed by atoms with Crippen LogP contribution in [0.4, 0.5) is 5.69 Å². The fraction of sp³-hybridized carbons (Fsp3) is 0.611. The molecule has 0 aliphatic carbocycles. The van der Waals surface area contributed by atoms with Crippen LogP contribution in [0.5, 0.6) is 0 Å². The minimum atomic E-state index is -0.454. The van der Waals surface area contributed by atoms with Crippen molar-refractivity contribution in [3.8, 4) is 0 Å². The van der Waals surface area contributed by atoms with Gasteiger partial charge in [-0.2, -0.15) is 0 Å². The van der Waals surface area contributed by atoms with Crippen molar-refractivity contribution >= 4 is 11.6 Å². The van der Waals surface area contributed by atoms with Gasteiger partial charge in [0.1, 0.15) is 0 Å². The van der Waals surface area contributed by atoms with Crippen LogP contribution in [0.2, 0.25) is 0 Å². The van der Waals surface area contributed by atoms with Crippen molar-refractivity contribution in [1.82, 2.24) is 5.32 Å². The second kappa shape index (κ2) is 10.8. The van der Waals surface area contributed by atoms with Gasteiger partial charge in [0.25, 0.3) is 11.6 Å². The molecule has 0 unspecified atom stereocenters. The number of amides is 1. The lowest BCUT2D eigenvalue weighted by atomic mass is 10.1. The van der Waals surface area contributed by atoms with Gasteiger partial charge in [-0.05, 0) is 19.4 Å². The van der Waals surface area contributed by atoms with E-state index in [2.05, 4.69) is 12.2 Å². The number of nitro groups is 1. The molecule has 0 radical (unpaired) electrons. The highest BCUT2D eigenvalue weighted by Crippen LogP contribution is 2.20. The highest BCUT2D eigenvalue weighted by molar-refractivity contribution is 5.96. The Labute approximate surface area is 138 Å². The van der Waals surface area contributed by atoms with E-state index in [9.17, 15) is 14.9 Å². The van der Waals surface area contributed by atoms with Crippen molar-refractivity contribution in [1.29, 1.82) is 0 Å². The molecule has 1 N–H and O–H groups in total. The predicted octanol–water partition coefficient (Wildman–Crippen LogP) is 4.77. The normalized spacial score (nSPS) is 10.5.